The quantitative estimate of drug-likeness (QED) is 0.487. The van der Waals surface area contributed by atoms with Crippen LogP contribution < -0.4 is 4.74 Å². The number of rotatable bonds is 3. The fraction of sp³-hybridized carbons (Fsp3) is 0.125. The average molecular weight is 296 g/mol. The lowest BCUT2D eigenvalue weighted by Gasteiger charge is -2.04. The first-order valence-electron chi connectivity index (χ1n) is 3.23. The number of ether oxygens (including phenoxy) is 1. The number of alkyl halides is 1. The van der Waals surface area contributed by atoms with Crippen LogP contribution in [0.3, 0.4) is 0 Å². The molecule has 2 nitrogen and oxygen atoms in total. The predicted molar refractivity (Wildman–Crippen MR) is 56.1 cm³/mol. The molecule has 0 heterocycles. The fourth-order valence-electron chi connectivity index (χ4n) is 0.814. The van der Waals surface area contributed by atoms with Gasteiger partial charge in [-0.3, -0.25) is 4.79 Å². The zero-order valence-corrected chi connectivity index (χ0v) is 9.00. The smallest absolute Gasteiger partial charge is 0.256 e. The van der Waals surface area contributed by atoms with Crippen molar-refractivity contribution < 1.29 is 9.53 Å². The molecule has 0 atom stereocenters. The van der Waals surface area contributed by atoms with E-state index in [0.717, 1.165) is 0 Å². The summed E-state index contributed by atoms with van der Waals surface area (Å²) in [5.41, 5.74) is 0.413. The molecule has 0 spiro atoms. The van der Waals surface area contributed by atoms with Crippen molar-refractivity contribution >= 4 is 39.4 Å². The monoisotopic (exact) mass is 296 g/mol. The lowest BCUT2D eigenvalue weighted by molar-refractivity contribution is 0.107. The normalized spacial score (nSPS) is 9.50. The van der Waals surface area contributed by atoms with Crippen LogP contribution in [0, 0.1) is 0 Å². The maximum Gasteiger partial charge on any atom is 0.256 e. The maximum atomic E-state index is 10.8. The molecule has 0 radical (unpaired) electrons. The average Bonchev–Trinajstić information content (AvgIpc) is 2.05. The summed E-state index contributed by atoms with van der Waals surface area (Å²) in [5, 5.41) is -0.490. The third-order valence-electron chi connectivity index (χ3n) is 1.31. The minimum atomic E-state index is -0.490. The summed E-state index contributed by atoms with van der Waals surface area (Å²) in [6.07, 6.45) is 0. The van der Waals surface area contributed by atoms with Crippen molar-refractivity contribution in [1.82, 2.24) is 0 Å². The zero-order valence-electron chi connectivity index (χ0n) is 6.09. The Morgan fingerprint density at radius 2 is 2.17 bits per heavy atom. The molecule has 0 N–H and O–H groups in total. The molecule has 0 fully saturated rings. The lowest BCUT2D eigenvalue weighted by Crippen LogP contribution is -1.96. The second kappa shape index (κ2) is 4.67. The molecule has 0 aliphatic carbocycles. The van der Waals surface area contributed by atoms with E-state index in [0.29, 0.717) is 15.9 Å². The van der Waals surface area contributed by atoms with Crippen LogP contribution in [0.5, 0.6) is 5.75 Å². The Hall–Kier alpha value is -0.290. The first-order valence-corrected chi connectivity index (χ1v) is 5.13. The first-order chi connectivity index (χ1) is 5.75. The van der Waals surface area contributed by atoms with E-state index in [9.17, 15) is 4.79 Å². The van der Waals surface area contributed by atoms with E-state index < -0.39 is 5.24 Å². The van der Waals surface area contributed by atoms with E-state index >= 15 is 0 Å². The topological polar surface area (TPSA) is 26.3 Å². The van der Waals surface area contributed by atoms with Gasteiger partial charge in [0.1, 0.15) is 10.4 Å². The first kappa shape index (κ1) is 9.80. The molecule has 0 bridgehead atoms. The summed E-state index contributed by atoms with van der Waals surface area (Å²) < 4.78 is 5.68. The van der Waals surface area contributed by atoms with Crippen LogP contribution >= 0.6 is 34.2 Å². The summed E-state index contributed by atoms with van der Waals surface area (Å²) in [6, 6.07) is 6.89. The van der Waals surface area contributed by atoms with Crippen molar-refractivity contribution in [2.24, 2.45) is 0 Å². The Labute approximate surface area is 89.0 Å². The van der Waals surface area contributed by atoms with Crippen LogP contribution in [0.25, 0.3) is 0 Å². The summed E-state index contributed by atoms with van der Waals surface area (Å²) in [5.74, 6) is 0.534. The Balaban J connectivity index is 3.00. The molecule has 0 amide bonds. The SMILES string of the molecule is O=C(Cl)c1ccccc1OCI. The second-order valence-corrected chi connectivity index (χ2v) is 2.99. The van der Waals surface area contributed by atoms with Gasteiger partial charge in [0.2, 0.25) is 0 Å². The summed E-state index contributed by atoms with van der Waals surface area (Å²) in [6.45, 7) is 0. The van der Waals surface area contributed by atoms with Crippen LogP contribution in [-0.2, 0) is 0 Å². The molecule has 64 valence electrons. The van der Waals surface area contributed by atoms with Crippen molar-refractivity contribution in [3.8, 4) is 5.75 Å². The third-order valence-corrected chi connectivity index (χ3v) is 1.82. The van der Waals surface area contributed by atoms with Crippen molar-refractivity contribution in [2.45, 2.75) is 0 Å². The highest BCUT2D eigenvalue weighted by Crippen LogP contribution is 2.20. The van der Waals surface area contributed by atoms with Crippen LogP contribution in [0.4, 0.5) is 0 Å². The van der Waals surface area contributed by atoms with E-state index in [1.54, 1.807) is 24.3 Å². The lowest BCUT2D eigenvalue weighted by atomic mass is 10.2. The molecule has 0 aromatic heterocycles. The molecule has 0 aliphatic rings. The number of benzene rings is 1. The van der Waals surface area contributed by atoms with Gasteiger partial charge in [0.05, 0.1) is 5.56 Å². The van der Waals surface area contributed by atoms with Crippen molar-refractivity contribution in [3.63, 3.8) is 0 Å². The van der Waals surface area contributed by atoms with Crippen LogP contribution in [0.15, 0.2) is 24.3 Å². The molecule has 12 heavy (non-hydrogen) atoms. The minimum Gasteiger partial charge on any atom is -0.483 e. The van der Waals surface area contributed by atoms with Crippen molar-refractivity contribution in [3.05, 3.63) is 29.8 Å². The standard InChI is InChI=1S/C8H6ClIO2/c9-8(11)6-3-1-2-4-7(6)12-5-10/h1-4H,5H2. The Morgan fingerprint density at radius 3 is 2.75 bits per heavy atom. The van der Waals surface area contributed by atoms with Gasteiger partial charge in [-0.15, -0.1) is 0 Å². The Kier molecular flexibility index (Phi) is 3.81. The highest BCUT2D eigenvalue weighted by Gasteiger charge is 2.07. The number of carbonyl (C=O) groups is 1. The van der Waals surface area contributed by atoms with Gasteiger partial charge in [0.25, 0.3) is 5.24 Å². The van der Waals surface area contributed by atoms with Gasteiger partial charge in [-0.25, -0.2) is 0 Å². The number of hydrogen-bond donors (Lipinski definition) is 0. The van der Waals surface area contributed by atoms with Gasteiger partial charge in [-0.2, -0.15) is 0 Å². The van der Waals surface area contributed by atoms with Crippen molar-refractivity contribution in [2.75, 3.05) is 4.61 Å². The molecular weight excluding hydrogens is 290 g/mol. The van der Waals surface area contributed by atoms with Gasteiger partial charge >= 0.3 is 0 Å². The largest absolute Gasteiger partial charge is 0.483 e. The van der Waals surface area contributed by atoms with Gasteiger partial charge in [-0.1, -0.05) is 12.1 Å². The number of hydrogen-bond acceptors (Lipinski definition) is 2. The van der Waals surface area contributed by atoms with Crippen LogP contribution in [-0.4, -0.2) is 9.86 Å². The van der Waals surface area contributed by atoms with Gasteiger partial charge in [0, 0.05) is 0 Å². The molecule has 4 heteroatoms. The number of para-hydroxylation sites is 1. The second-order valence-electron chi connectivity index (χ2n) is 2.02. The number of carbonyl (C=O) groups excluding carboxylic acids is 1. The number of halogens is 2. The fourth-order valence-corrected chi connectivity index (χ4v) is 1.31. The van der Waals surface area contributed by atoms with E-state index in [2.05, 4.69) is 22.6 Å². The molecule has 0 aliphatic heterocycles. The predicted octanol–water partition coefficient (Wildman–Crippen LogP) is 2.84. The van der Waals surface area contributed by atoms with Gasteiger partial charge < -0.3 is 4.74 Å². The van der Waals surface area contributed by atoms with Crippen LogP contribution in [0.2, 0.25) is 0 Å². The molecule has 0 saturated carbocycles. The van der Waals surface area contributed by atoms with E-state index in [4.69, 9.17) is 16.3 Å². The van der Waals surface area contributed by atoms with E-state index in [1.807, 2.05) is 0 Å². The van der Waals surface area contributed by atoms with Crippen LogP contribution in [0.1, 0.15) is 10.4 Å². The highest BCUT2D eigenvalue weighted by atomic mass is 127. The van der Waals surface area contributed by atoms with Gasteiger partial charge in [-0.05, 0) is 46.3 Å². The molecule has 0 saturated heterocycles. The third kappa shape index (κ3) is 2.35. The summed E-state index contributed by atoms with van der Waals surface area (Å²) >= 11 is 7.38. The Bertz CT molecular complexity index is 288. The Morgan fingerprint density at radius 1 is 1.50 bits per heavy atom. The zero-order chi connectivity index (χ0) is 8.97. The molecule has 1 rings (SSSR count). The summed E-state index contributed by atoms with van der Waals surface area (Å²) in [4.78, 5) is 10.8. The van der Waals surface area contributed by atoms with E-state index in [1.165, 1.54) is 0 Å². The minimum absolute atomic E-state index is 0.413. The molecule has 0 unspecified atom stereocenters. The highest BCUT2D eigenvalue weighted by molar-refractivity contribution is 14.1. The molecule has 1 aromatic rings. The molecular formula is C8H6ClIO2. The van der Waals surface area contributed by atoms with Crippen molar-refractivity contribution in [1.29, 1.82) is 0 Å². The van der Waals surface area contributed by atoms with E-state index in [-0.39, 0.29) is 0 Å². The molecule has 1 aromatic carbocycles. The van der Waals surface area contributed by atoms with Gasteiger partial charge in [0.15, 0.2) is 0 Å². The maximum absolute atomic E-state index is 10.8. The summed E-state index contributed by atoms with van der Waals surface area (Å²) in [7, 11) is 0.